The Morgan fingerprint density at radius 1 is 1.32 bits per heavy atom. The molecule has 3 rings (SSSR count). The number of hydrogen-bond acceptors (Lipinski definition) is 4. The quantitative estimate of drug-likeness (QED) is 0.791. The molecule has 25 heavy (non-hydrogen) atoms. The van der Waals surface area contributed by atoms with Crippen molar-refractivity contribution in [3.8, 4) is 5.75 Å². The van der Waals surface area contributed by atoms with Crippen molar-refractivity contribution in [3.63, 3.8) is 0 Å². The Balaban J connectivity index is 1.65. The van der Waals surface area contributed by atoms with Gasteiger partial charge in [0, 0.05) is 31.7 Å². The first-order valence-electron chi connectivity index (χ1n) is 8.71. The molecule has 136 valence electrons. The van der Waals surface area contributed by atoms with E-state index in [4.69, 9.17) is 4.74 Å². The molecule has 0 amide bonds. The fraction of sp³-hybridized carbons (Fsp3) is 0.500. The molecule has 0 bridgehead atoms. The fourth-order valence-corrected chi connectivity index (χ4v) is 4.62. The minimum absolute atomic E-state index is 0.198. The van der Waals surface area contributed by atoms with Crippen molar-refractivity contribution < 1.29 is 13.2 Å². The van der Waals surface area contributed by atoms with E-state index in [1.165, 1.54) is 6.20 Å². The van der Waals surface area contributed by atoms with Crippen LogP contribution in [-0.4, -0.2) is 42.2 Å². The predicted octanol–water partition coefficient (Wildman–Crippen LogP) is 2.69. The van der Waals surface area contributed by atoms with E-state index < -0.39 is 10.0 Å². The number of benzene rings is 1. The summed E-state index contributed by atoms with van der Waals surface area (Å²) in [6.45, 7) is 6.18. The van der Waals surface area contributed by atoms with Gasteiger partial charge in [-0.3, -0.25) is 4.68 Å². The number of sulfonamides is 1. The van der Waals surface area contributed by atoms with Crippen molar-refractivity contribution in [3.05, 3.63) is 42.2 Å². The summed E-state index contributed by atoms with van der Waals surface area (Å²) in [4.78, 5) is 0.273. The second-order valence-electron chi connectivity index (χ2n) is 6.48. The van der Waals surface area contributed by atoms with Gasteiger partial charge in [-0.2, -0.15) is 9.40 Å². The van der Waals surface area contributed by atoms with Gasteiger partial charge in [-0.25, -0.2) is 8.42 Å². The van der Waals surface area contributed by atoms with Gasteiger partial charge < -0.3 is 4.74 Å². The van der Waals surface area contributed by atoms with E-state index in [1.807, 2.05) is 38.1 Å². The Hall–Kier alpha value is -1.86. The van der Waals surface area contributed by atoms with Gasteiger partial charge in [-0.15, -0.1) is 0 Å². The molecule has 2 aromatic rings. The number of hydrogen-bond donors (Lipinski definition) is 0. The average molecular weight is 363 g/mol. The van der Waals surface area contributed by atoms with E-state index in [9.17, 15) is 8.42 Å². The van der Waals surface area contributed by atoms with Crippen molar-refractivity contribution in [1.29, 1.82) is 0 Å². The smallest absolute Gasteiger partial charge is 0.246 e. The molecule has 0 spiro atoms. The molecule has 1 fully saturated rings. The van der Waals surface area contributed by atoms with Crippen LogP contribution in [0.15, 0.2) is 41.6 Å². The standard InChI is InChI=1S/C18H25N3O3S/c1-3-20-13-17(11-19-20)25(22,23)21-10-6-8-16(12-21)14-24-18-9-5-4-7-15(18)2/h4-5,7,9,11,13,16H,3,6,8,10,12,14H2,1-2H3. The zero-order valence-electron chi connectivity index (χ0n) is 14.8. The maximum Gasteiger partial charge on any atom is 0.246 e. The summed E-state index contributed by atoms with van der Waals surface area (Å²) in [5, 5.41) is 4.09. The summed E-state index contributed by atoms with van der Waals surface area (Å²) < 4.78 is 34.8. The summed E-state index contributed by atoms with van der Waals surface area (Å²) >= 11 is 0. The SMILES string of the molecule is CCn1cc(S(=O)(=O)N2CCCC(COc3ccccc3C)C2)cn1. The molecule has 0 aliphatic carbocycles. The summed E-state index contributed by atoms with van der Waals surface area (Å²) in [7, 11) is -3.48. The molecule has 1 aliphatic rings. The molecule has 0 N–H and O–H groups in total. The second-order valence-corrected chi connectivity index (χ2v) is 8.42. The number of nitrogens with zero attached hydrogens (tertiary/aromatic N) is 3. The maximum atomic E-state index is 12.8. The number of para-hydroxylation sites is 1. The van der Waals surface area contributed by atoms with Crippen LogP contribution < -0.4 is 4.74 Å². The Morgan fingerprint density at radius 2 is 2.12 bits per heavy atom. The van der Waals surface area contributed by atoms with Crippen molar-refractivity contribution in [2.24, 2.45) is 5.92 Å². The zero-order chi connectivity index (χ0) is 17.9. The van der Waals surface area contributed by atoms with E-state index in [1.54, 1.807) is 15.2 Å². The van der Waals surface area contributed by atoms with Crippen LogP contribution in [0.25, 0.3) is 0 Å². The van der Waals surface area contributed by atoms with E-state index >= 15 is 0 Å². The lowest BCUT2D eigenvalue weighted by Crippen LogP contribution is -2.41. The molecule has 0 radical (unpaired) electrons. The number of piperidine rings is 1. The van der Waals surface area contributed by atoms with E-state index in [0.29, 0.717) is 26.2 Å². The molecule has 1 aromatic carbocycles. The van der Waals surface area contributed by atoms with Crippen LogP contribution in [0.1, 0.15) is 25.3 Å². The molecular weight excluding hydrogens is 338 g/mol. The molecule has 1 aliphatic heterocycles. The van der Waals surface area contributed by atoms with Crippen LogP contribution in [0.3, 0.4) is 0 Å². The van der Waals surface area contributed by atoms with E-state index in [2.05, 4.69) is 5.10 Å². The molecule has 0 saturated carbocycles. The predicted molar refractivity (Wildman–Crippen MR) is 96.1 cm³/mol. The first kappa shape index (κ1) is 17.9. The first-order chi connectivity index (χ1) is 12.0. The lowest BCUT2D eigenvalue weighted by molar-refractivity contribution is 0.179. The third-order valence-corrected chi connectivity index (χ3v) is 6.44. The fourth-order valence-electron chi connectivity index (χ4n) is 3.11. The Morgan fingerprint density at radius 3 is 2.84 bits per heavy atom. The van der Waals surface area contributed by atoms with Crippen LogP contribution in [-0.2, 0) is 16.6 Å². The molecule has 7 heteroatoms. The van der Waals surface area contributed by atoms with Crippen molar-refractivity contribution in [2.45, 2.75) is 38.1 Å². The van der Waals surface area contributed by atoms with E-state index in [-0.39, 0.29) is 10.8 Å². The Kier molecular flexibility index (Phi) is 5.44. The highest BCUT2D eigenvalue weighted by molar-refractivity contribution is 7.89. The van der Waals surface area contributed by atoms with Crippen LogP contribution >= 0.6 is 0 Å². The minimum atomic E-state index is -3.48. The number of rotatable bonds is 6. The Bertz CT molecular complexity index is 816. The van der Waals surface area contributed by atoms with Crippen LogP contribution in [0.5, 0.6) is 5.75 Å². The highest BCUT2D eigenvalue weighted by Crippen LogP contribution is 2.25. The van der Waals surface area contributed by atoms with E-state index in [0.717, 1.165) is 24.2 Å². The third-order valence-electron chi connectivity index (χ3n) is 4.62. The van der Waals surface area contributed by atoms with Crippen molar-refractivity contribution in [2.75, 3.05) is 19.7 Å². The maximum absolute atomic E-state index is 12.8. The van der Waals surface area contributed by atoms with Gasteiger partial charge in [0.15, 0.2) is 0 Å². The van der Waals surface area contributed by atoms with Gasteiger partial charge in [0.05, 0.1) is 12.8 Å². The molecule has 2 heterocycles. The summed E-state index contributed by atoms with van der Waals surface area (Å²) in [6, 6.07) is 7.89. The van der Waals surface area contributed by atoms with Gasteiger partial charge in [0.1, 0.15) is 10.6 Å². The third kappa shape index (κ3) is 4.04. The van der Waals surface area contributed by atoms with Gasteiger partial charge in [0.25, 0.3) is 0 Å². The average Bonchev–Trinajstić information content (AvgIpc) is 3.11. The number of aryl methyl sites for hydroxylation is 2. The zero-order valence-corrected chi connectivity index (χ0v) is 15.6. The van der Waals surface area contributed by atoms with Crippen molar-refractivity contribution in [1.82, 2.24) is 14.1 Å². The highest BCUT2D eigenvalue weighted by atomic mass is 32.2. The summed E-state index contributed by atoms with van der Waals surface area (Å²) in [5.41, 5.74) is 1.09. The number of aromatic nitrogens is 2. The number of ether oxygens (including phenoxy) is 1. The highest BCUT2D eigenvalue weighted by Gasteiger charge is 2.31. The van der Waals surface area contributed by atoms with Gasteiger partial charge in [-0.1, -0.05) is 18.2 Å². The summed E-state index contributed by atoms with van der Waals surface area (Å²) in [6.07, 6.45) is 4.87. The second kappa shape index (κ2) is 7.58. The lowest BCUT2D eigenvalue weighted by Gasteiger charge is -2.31. The van der Waals surface area contributed by atoms with Crippen LogP contribution in [0.4, 0.5) is 0 Å². The van der Waals surface area contributed by atoms with Crippen molar-refractivity contribution >= 4 is 10.0 Å². The monoisotopic (exact) mass is 363 g/mol. The summed E-state index contributed by atoms with van der Waals surface area (Å²) in [5.74, 6) is 1.07. The molecule has 1 unspecified atom stereocenters. The molecule has 1 saturated heterocycles. The van der Waals surface area contributed by atoms with Gasteiger partial charge in [0.2, 0.25) is 10.0 Å². The first-order valence-corrected chi connectivity index (χ1v) is 10.2. The molecule has 6 nitrogen and oxygen atoms in total. The lowest BCUT2D eigenvalue weighted by atomic mass is 10.0. The molecule has 1 aromatic heterocycles. The minimum Gasteiger partial charge on any atom is -0.493 e. The molecular formula is C18H25N3O3S. The largest absolute Gasteiger partial charge is 0.493 e. The Labute approximate surface area is 149 Å². The normalized spacial score (nSPS) is 19.0. The van der Waals surface area contributed by atoms with Gasteiger partial charge >= 0.3 is 0 Å². The van der Waals surface area contributed by atoms with Crippen LogP contribution in [0, 0.1) is 12.8 Å². The van der Waals surface area contributed by atoms with Crippen LogP contribution in [0.2, 0.25) is 0 Å². The molecule has 1 atom stereocenters. The topological polar surface area (TPSA) is 64.4 Å². The van der Waals surface area contributed by atoms with Gasteiger partial charge in [-0.05, 0) is 38.3 Å².